The van der Waals surface area contributed by atoms with E-state index < -0.39 is 11.6 Å². The average molecular weight is 302 g/mol. The first-order valence-electron chi connectivity index (χ1n) is 5.00. The molecule has 0 spiro atoms. The largest absolute Gasteiger partial charge is 0.452 e. The van der Waals surface area contributed by atoms with Crippen molar-refractivity contribution in [3.05, 3.63) is 51.9 Å². The van der Waals surface area contributed by atoms with Gasteiger partial charge in [-0.3, -0.25) is 0 Å². The molecule has 2 aromatic rings. The second-order valence-electron chi connectivity index (χ2n) is 3.64. The molecule has 1 aromatic heterocycles. The Kier molecular flexibility index (Phi) is 3.47. The van der Waals surface area contributed by atoms with Crippen molar-refractivity contribution in [1.82, 2.24) is 0 Å². The molecule has 0 unspecified atom stereocenters. The molecule has 0 aliphatic heterocycles. The average Bonchev–Trinajstić information content (AvgIpc) is 2.68. The Morgan fingerprint density at radius 2 is 2.00 bits per heavy atom. The van der Waals surface area contributed by atoms with E-state index in [0.29, 0.717) is 17.0 Å². The highest BCUT2D eigenvalue weighted by atomic mass is 79.9. The van der Waals surface area contributed by atoms with Crippen molar-refractivity contribution in [3.8, 4) is 0 Å². The van der Waals surface area contributed by atoms with Crippen molar-refractivity contribution in [3.63, 3.8) is 0 Å². The molecule has 17 heavy (non-hydrogen) atoms. The zero-order valence-corrected chi connectivity index (χ0v) is 10.6. The van der Waals surface area contributed by atoms with E-state index in [1.54, 1.807) is 12.1 Å². The lowest BCUT2D eigenvalue weighted by Crippen LogP contribution is -2.01. The number of hydrogen-bond donors (Lipinski definition) is 1. The Balaban J connectivity index is 2.11. The third-order valence-corrected chi connectivity index (χ3v) is 2.76. The van der Waals surface area contributed by atoms with Crippen LogP contribution in [0.2, 0.25) is 0 Å². The fourth-order valence-corrected chi connectivity index (χ4v) is 1.75. The summed E-state index contributed by atoms with van der Waals surface area (Å²) in [5, 5.41) is 2.78. The maximum atomic E-state index is 13.5. The topological polar surface area (TPSA) is 25.2 Å². The summed E-state index contributed by atoms with van der Waals surface area (Å²) in [5.74, 6) is -0.277. The van der Waals surface area contributed by atoms with E-state index in [9.17, 15) is 8.78 Å². The highest BCUT2D eigenvalue weighted by Gasteiger charge is 2.07. The molecule has 0 aliphatic rings. The summed E-state index contributed by atoms with van der Waals surface area (Å²) in [6, 6.07) is 5.79. The zero-order valence-electron chi connectivity index (χ0n) is 9.06. The molecule has 1 heterocycles. The standard InChI is InChI=1S/C12H10BrF2NO/c1-7-4-10(15)11(5-9(7)14)16-6-8-2-3-12(13)17-8/h2-5,16H,6H2,1H3. The summed E-state index contributed by atoms with van der Waals surface area (Å²) in [4.78, 5) is 0. The predicted molar refractivity (Wildman–Crippen MR) is 64.8 cm³/mol. The van der Waals surface area contributed by atoms with E-state index in [-0.39, 0.29) is 11.3 Å². The summed E-state index contributed by atoms with van der Waals surface area (Å²) in [5.41, 5.74) is 0.411. The van der Waals surface area contributed by atoms with Gasteiger partial charge in [0.05, 0.1) is 12.2 Å². The first kappa shape index (κ1) is 12.1. The Hall–Kier alpha value is -1.36. The molecule has 5 heteroatoms. The molecule has 0 fully saturated rings. The third-order valence-electron chi connectivity index (χ3n) is 2.33. The minimum absolute atomic E-state index is 0.126. The predicted octanol–water partition coefficient (Wildman–Crippen LogP) is 4.24. The van der Waals surface area contributed by atoms with Gasteiger partial charge in [-0.15, -0.1) is 0 Å². The van der Waals surface area contributed by atoms with Gasteiger partial charge in [-0.05, 0) is 46.6 Å². The van der Waals surface area contributed by atoms with Crippen LogP contribution in [0.5, 0.6) is 0 Å². The molecule has 0 radical (unpaired) electrons. The molecular formula is C12H10BrF2NO. The molecule has 90 valence electrons. The summed E-state index contributed by atoms with van der Waals surface area (Å²) in [7, 11) is 0. The molecule has 2 rings (SSSR count). The van der Waals surface area contributed by atoms with Crippen LogP contribution in [0.1, 0.15) is 11.3 Å². The summed E-state index contributed by atoms with van der Waals surface area (Å²) in [6.45, 7) is 1.82. The number of nitrogens with one attached hydrogen (secondary N) is 1. The van der Waals surface area contributed by atoms with E-state index in [4.69, 9.17) is 4.42 Å². The Labute approximate surface area is 106 Å². The molecule has 0 saturated heterocycles. The second-order valence-corrected chi connectivity index (χ2v) is 4.42. The van der Waals surface area contributed by atoms with Crippen LogP contribution in [0.25, 0.3) is 0 Å². The zero-order chi connectivity index (χ0) is 12.4. The Bertz CT molecular complexity index is 539. The number of aryl methyl sites for hydroxylation is 1. The maximum Gasteiger partial charge on any atom is 0.169 e. The number of hydrogen-bond acceptors (Lipinski definition) is 2. The minimum atomic E-state index is -0.477. The highest BCUT2D eigenvalue weighted by molar-refractivity contribution is 9.10. The van der Waals surface area contributed by atoms with Crippen LogP contribution >= 0.6 is 15.9 Å². The van der Waals surface area contributed by atoms with Gasteiger partial charge in [0.15, 0.2) is 4.67 Å². The summed E-state index contributed by atoms with van der Waals surface area (Å²) >= 11 is 3.17. The molecule has 1 aromatic carbocycles. The van der Waals surface area contributed by atoms with E-state index in [0.717, 1.165) is 12.1 Å². The van der Waals surface area contributed by atoms with Gasteiger partial charge in [0.1, 0.15) is 17.4 Å². The monoisotopic (exact) mass is 301 g/mol. The van der Waals surface area contributed by atoms with Crippen LogP contribution in [0.4, 0.5) is 14.5 Å². The lowest BCUT2D eigenvalue weighted by Gasteiger charge is -2.07. The van der Waals surface area contributed by atoms with E-state index >= 15 is 0 Å². The molecule has 0 saturated carbocycles. The smallest absolute Gasteiger partial charge is 0.169 e. The molecule has 0 atom stereocenters. The van der Waals surface area contributed by atoms with Crippen LogP contribution in [0, 0.1) is 18.6 Å². The Morgan fingerprint density at radius 1 is 1.24 bits per heavy atom. The number of benzene rings is 1. The van der Waals surface area contributed by atoms with E-state index in [2.05, 4.69) is 21.2 Å². The fraction of sp³-hybridized carbons (Fsp3) is 0.167. The fourth-order valence-electron chi connectivity index (χ4n) is 1.41. The van der Waals surface area contributed by atoms with Crippen molar-refractivity contribution in [2.75, 3.05) is 5.32 Å². The van der Waals surface area contributed by atoms with Gasteiger partial charge in [0, 0.05) is 6.07 Å². The second kappa shape index (κ2) is 4.87. The molecular weight excluding hydrogens is 292 g/mol. The van der Waals surface area contributed by atoms with Gasteiger partial charge in [-0.25, -0.2) is 8.78 Å². The van der Waals surface area contributed by atoms with Gasteiger partial charge in [-0.1, -0.05) is 0 Å². The van der Waals surface area contributed by atoms with Crippen LogP contribution in [-0.2, 0) is 6.54 Å². The van der Waals surface area contributed by atoms with Crippen LogP contribution < -0.4 is 5.32 Å². The van der Waals surface area contributed by atoms with Gasteiger partial charge in [-0.2, -0.15) is 0 Å². The van der Waals surface area contributed by atoms with Crippen LogP contribution in [0.3, 0.4) is 0 Å². The van der Waals surface area contributed by atoms with E-state index in [1.807, 2.05) is 0 Å². The number of anilines is 1. The summed E-state index contributed by atoms with van der Waals surface area (Å²) in [6.07, 6.45) is 0. The van der Waals surface area contributed by atoms with Gasteiger partial charge in [0.25, 0.3) is 0 Å². The number of furan rings is 1. The molecule has 2 nitrogen and oxygen atoms in total. The van der Waals surface area contributed by atoms with Crippen molar-refractivity contribution >= 4 is 21.6 Å². The molecule has 0 amide bonds. The normalized spacial score (nSPS) is 10.6. The first-order valence-corrected chi connectivity index (χ1v) is 5.79. The van der Waals surface area contributed by atoms with Gasteiger partial charge >= 0.3 is 0 Å². The quantitative estimate of drug-likeness (QED) is 0.917. The van der Waals surface area contributed by atoms with Crippen molar-refractivity contribution in [2.45, 2.75) is 13.5 Å². The van der Waals surface area contributed by atoms with Crippen LogP contribution in [-0.4, -0.2) is 0 Å². The Morgan fingerprint density at radius 3 is 2.65 bits per heavy atom. The third kappa shape index (κ3) is 2.85. The maximum absolute atomic E-state index is 13.5. The lowest BCUT2D eigenvalue weighted by atomic mass is 10.2. The first-order chi connectivity index (χ1) is 8.06. The summed E-state index contributed by atoms with van der Waals surface area (Å²) < 4.78 is 32.6. The van der Waals surface area contributed by atoms with Crippen molar-refractivity contribution < 1.29 is 13.2 Å². The molecule has 0 aliphatic carbocycles. The number of halogens is 3. The van der Waals surface area contributed by atoms with E-state index in [1.165, 1.54) is 6.92 Å². The molecule has 0 bridgehead atoms. The van der Waals surface area contributed by atoms with Crippen LogP contribution in [0.15, 0.2) is 33.4 Å². The lowest BCUT2D eigenvalue weighted by molar-refractivity contribution is 0.495. The molecule has 1 N–H and O–H groups in total. The highest BCUT2D eigenvalue weighted by Crippen LogP contribution is 2.20. The SMILES string of the molecule is Cc1cc(F)c(NCc2ccc(Br)o2)cc1F. The van der Waals surface area contributed by atoms with Gasteiger partial charge in [0.2, 0.25) is 0 Å². The van der Waals surface area contributed by atoms with Gasteiger partial charge < -0.3 is 9.73 Å². The van der Waals surface area contributed by atoms with Crippen molar-refractivity contribution in [1.29, 1.82) is 0 Å². The minimum Gasteiger partial charge on any atom is -0.452 e. The van der Waals surface area contributed by atoms with Crippen molar-refractivity contribution in [2.24, 2.45) is 0 Å². The number of rotatable bonds is 3.